The van der Waals surface area contributed by atoms with E-state index < -0.39 is 6.29 Å². The predicted octanol–water partition coefficient (Wildman–Crippen LogP) is 1.37. The summed E-state index contributed by atoms with van der Waals surface area (Å²) in [6.07, 6.45) is 1.79. The third-order valence-electron chi connectivity index (χ3n) is 2.99. The van der Waals surface area contributed by atoms with E-state index >= 15 is 0 Å². The largest absolute Gasteiger partial charge is 0.428 e. The van der Waals surface area contributed by atoms with E-state index in [1.165, 1.54) is 0 Å². The molecule has 1 aliphatic carbocycles. The molecule has 2 aliphatic rings. The lowest BCUT2D eigenvalue weighted by molar-refractivity contribution is -0.152. The molecule has 0 radical (unpaired) electrons. The summed E-state index contributed by atoms with van der Waals surface area (Å²) >= 11 is 0. The van der Waals surface area contributed by atoms with Gasteiger partial charge in [-0.05, 0) is 24.7 Å². The lowest BCUT2D eigenvalue weighted by Crippen LogP contribution is -2.25. The number of cyclic esters (lactones) is 1. The Labute approximate surface area is 77.4 Å². The fourth-order valence-electron chi connectivity index (χ4n) is 2.31. The van der Waals surface area contributed by atoms with Gasteiger partial charge in [0.2, 0.25) is 6.29 Å². The van der Waals surface area contributed by atoms with Crippen molar-refractivity contribution >= 4 is 5.97 Å². The minimum Gasteiger partial charge on any atom is -0.428 e. The molecule has 2 rings (SSSR count). The quantitative estimate of drug-likeness (QED) is 0.575. The predicted molar refractivity (Wildman–Crippen MR) is 46.8 cm³/mol. The van der Waals surface area contributed by atoms with Crippen molar-refractivity contribution in [3.8, 4) is 0 Å². The molecule has 72 valence electrons. The maximum atomic E-state index is 11.3. The molecule has 0 aromatic heterocycles. The van der Waals surface area contributed by atoms with Crippen molar-refractivity contribution in [1.29, 1.82) is 0 Å². The van der Waals surface area contributed by atoms with Crippen molar-refractivity contribution in [3.05, 3.63) is 11.1 Å². The smallest absolute Gasteiger partial charge is 0.336 e. The monoisotopic (exact) mass is 182 g/mol. The van der Waals surface area contributed by atoms with Crippen LogP contribution in [-0.4, -0.2) is 17.4 Å². The zero-order valence-electron chi connectivity index (χ0n) is 7.96. The zero-order valence-corrected chi connectivity index (χ0v) is 7.96. The molecule has 0 bridgehead atoms. The van der Waals surface area contributed by atoms with Gasteiger partial charge in [0.1, 0.15) is 0 Å². The number of aliphatic hydroxyl groups excluding tert-OH is 1. The number of carbonyl (C=O) groups excluding carboxylic acids is 1. The average molecular weight is 182 g/mol. The van der Waals surface area contributed by atoms with Gasteiger partial charge in [0.15, 0.2) is 0 Å². The van der Waals surface area contributed by atoms with Gasteiger partial charge in [0.25, 0.3) is 0 Å². The molecule has 0 fully saturated rings. The summed E-state index contributed by atoms with van der Waals surface area (Å²) in [7, 11) is 0. The normalized spacial score (nSPS) is 31.6. The fraction of sp³-hybridized carbons (Fsp3) is 0.700. The van der Waals surface area contributed by atoms with Crippen molar-refractivity contribution in [1.82, 2.24) is 0 Å². The molecule has 1 aliphatic heterocycles. The fourth-order valence-corrected chi connectivity index (χ4v) is 2.31. The van der Waals surface area contributed by atoms with Crippen molar-refractivity contribution < 1.29 is 14.6 Å². The van der Waals surface area contributed by atoms with E-state index in [1.807, 2.05) is 13.8 Å². The maximum Gasteiger partial charge on any atom is 0.336 e. The minimum atomic E-state index is -0.988. The van der Waals surface area contributed by atoms with Crippen molar-refractivity contribution in [2.75, 3.05) is 0 Å². The third-order valence-corrected chi connectivity index (χ3v) is 2.99. The Hall–Kier alpha value is -0.830. The van der Waals surface area contributed by atoms with Gasteiger partial charge in [0, 0.05) is 11.1 Å². The Morgan fingerprint density at radius 2 is 2.23 bits per heavy atom. The molecule has 0 saturated heterocycles. The van der Waals surface area contributed by atoms with Gasteiger partial charge in [0.05, 0.1) is 0 Å². The number of rotatable bonds is 0. The van der Waals surface area contributed by atoms with E-state index in [0.29, 0.717) is 5.57 Å². The highest BCUT2D eigenvalue weighted by Gasteiger charge is 2.43. The van der Waals surface area contributed by atoms with Crippen LogP contribution in [0.5, 0.6) is 0 Å². The molecule has 0 aromatic carbocycles. The topological polar surface area (TPSA) is 46.5 Å². The van der Waals surface area contributed by atoms with E-state index in [1.54, 1.807) is 0 Å². The molecule has 1 atom stereocenters. The molecule has 0 spiro atoms. The van der Waals surface area contributed by atoms with Gasteiger partial charge in [-0.1, -0.05) is 13.8 Å². The van der Waals surface area contributed by atoms with E-state index in [-0.39, 0.29) is 11.4 Å². The first-order valence-electron chi connectivity index (χ1n) is 4.65. The molecular formula is C10H14O3. The van der Waals surface area contributed by atoms with Crippen LogP contribution in [0.25, 0.3) is 0 Å². The van der Waals surface area contributed by atoms with E-state index in [0.717, 1.165) is 24.8 Å². The lowest BCUT2D eigenvalue weighted by atomic mass is 9.73. The highest BCUT2D eigenvalue weighted by molar-refractivity contribution is 5.92. The van der Waals surface area contributed by atoms with Gasteiger partial charge in [-0.15, -0.1) is 0 Å². The van der Waals surface area contributed by atoms with E-state index in [4.69, 9.17) is 4.74 Å². The van der Waals surface area contributed by atoms with Crippen LogP contribution in [0.2, 0.25) is 0 Å². The highest BCUT2D eigenvalue weighted by Crippen LogP contribution is 2.45. The number of esters is 1. The first-order valence-corrected chi connectivity index (χ1v) is 4.65. The zero-order chi connectivity index (χ0) is 9.64. The number of ether oxygens (including phenoxy) is 1. The SMILES string of the molecule is CC1(C)CCCC2=C1C(O)OC2=O. The summed E-state index contributed by atoms with van der Waals surface area (Å²) in [6.45, 7) is 4.10. The molecular weight excluding hydrogens is 168 g/mol. The van der Waals surface area contributed by atoms with Crippen molar-refractivity contribution in [3.63, 3.8) is 0 Å². The summed E-state index contributed by atoms with van der Waals surface area (Å²) < 4.78 is 4.79. The molecule has 1 heterocycles. The van der Waals surface area contributed by atoms with Crippen LogP contribution in [-0.2, 0) is 9.53 Å². The second-order valence-corrected chi connectivity index (χ2v) is 4.39. The Morgan fingerprint density at radius 3 is 2.85 bits per heavy atom. The summed E-state index contributed by atoms with van der Waals surface area (Å²) in [5.41, 5.74) is 1.44. The van der Waals surface area contributed by atoms with Crippen molar-refractivity contribution in [2.24, 2.45) is 5.41 Å². The molecule has 0 saturated carbocycles. The molecule has 3 nitrogen and oxygen atoms in total. The van der Waals surface area contributed by atoms with Crippen LogP contribution in [0.4, 0.5) is 0 Å². The van der Waals surface area contributed by atoms with E-state index in [9.17, 15) is 9.90 Å². The van der Waals surface area contributed by atoms with Gasteiger partial charge in [-0.25, -0.2) is 4.79 Å². The molecule has 1 unspecified atom stereocenters. The molecule has 1 N–H and O–H groups in total. The Balaban J connectivity index is 2.46. The Kier molecular flexibility index (Phi) is 1.74. The summed E-state index contributed by atoms with van der Waals surface area (Å²) in [6, 6.07) is 0. The summed E-state index contributed by atoms with van der Waals surface area (Å²) in [4.78, 5) is 11.3. The first-order chi connectivity index (χ1) is 6.02. The Morgan fingerprint density at radius 1 is 1.54 bits per heavy atom. The van der Waals surface area contributed by atoms with Gasteiger partial charge >= 0.3 is 5.97 Å². The third kappa shape index (κ3) is 1.18. The Bertz CT molecular complexity index is 289. The van der Waals surface area contributed by atoms with Crippen LogP contribution < -0.4 is 0 Å². The summed E-state index contributed by atoms with van der Waals surface area (Å²) in [5.74, 6) is -0.324. The van der Waals surface area contributed by atoms with Crippen LogP contribution in [0.15, 0.2) is 11.1 Å². The second-order valence-electron chi connectivity index (χ2n) is 4.39. The lowest BCUT2D eigenvalue weighted by Gasteiger charge is -2.31. The molecule has 13 heavy (non-hydrogen) atoms. The molecule has 0 aromatic rings. The number of aliphatic hydroxyl groups is 1. The molecule has 3 heteroatoms. The van der Waals surface area contributed by atoms with Crippen molar-refractivity contribution in [2.45, 2.75) is 39.4 Å². The highest BCUT2D eigenvalue weighted by atomic mass is 16.6. The summed E-state index contributed by atoms with van der Waals surface area (Å²) in [5, 5.41) is 9.53. The minimum absolute atomic E-state index is 0.0842. The standard InChI is InChI=1S/C10H14O3/c1-10(2)5-3-4-6-7(10)9(12)13-8(6)11/h9,12H,3-5H2,1-2H3. The number of hydrogen-bond acceptors (Lipinski definition) is 3. The molecule has 0 amide bonds. The van der Waals surface area contributed by atoms with Crippen LogP contribution in [0, 0.1) is 5.41 Å². The number of carbonyl (C=O) groups is 1. The van der Waals surface area contributed by atoms with E-state index in [2.05, 4.69) is 0 Å². The van der Waals surface area contributed by atoms with Crippen LogP contribution in [0.1, 0.15) is 33.1 Å². The average Bonchev–Trinajstić information content (AvgIpc) is 2.27. The van der Waals surface area contributed by atoms with Gasteiger partial charge in [-0.3, -0.25) is 0 Å². The maximum absolute atomic E-state index is 11.3. The first kappa shape index (κ1) is 8.75. The van der Waals surface area contributed by atoms with Crippen LogP contribution >= 0.6 is 0 Å². The van der Waals surface area contributed by atoms with Crippen LogP contribution in [0.3, 0.4) is 0 Å². The van der Waals surface area contributed by atoms with Gasteiger partial charge in [-0.2, -0.15) is 0 Å². The van der Waals surface area contributed by atoms with Gasteiger partial charge < -0.3 is 9.84 Å². The second kappa shape index (κ2) is 2.58. The number of hydrogen-bond donors (Lipinski definition) is 1.